The third kappa shape index (κ3) is 3.76. The van der Waals surface area contributed by atoms with Crippen LogP contribution in [-0.2, 0) is 25.8 Å². The van der Waals surface area contributed by atoms with Gasteiger partial charge in [0.25, 0.3) is 0 Å². The fourth-order valence-corrected chi connectivity index (χ4v) is 3.16. The quantitative estimate of drug-likeness (QED) is 0.666. The summed E-state index contributed by atoms with van der Waals surface area (Å²) in [6.07, 6.45) is 6.78. The van der Waals surface area contributed by atoms with E-state index in [9.17, 15) is 5.11 Å². The minimum Gasteiger partial charge on any atom is -0.394 e. The number of nitrogens with one attached hydrogen (secondary N) is 1. The number of H-pyrrole nitrogens is 1. The molecule has 2 N–H and O–H groups in total. The number of hydrogen-bond donors (Lipinski definition) is 2. The number of aryl methyl sites for hydroxylation is 3. The van der Waals surface area contributed by atoms with E-state index in [0.29, 0.717) is 6.54 Å². The van der Waals surface area contributed by atoms with Crippen molar-refractivity contribution in [3.8, 4) is 0 Å². The summed E-state index contributed by atoms with van der Waals surface area (Å²) in [5, 5.41) is 15.0. The molecule has 0 radical (unpaired) electrons. The van der Waals surface area contributed by atoms with E-state index in [1.54, 1.807) is 11.8 Å². The molecule has 6 heteroatoms. The van der Waals surface area contributed by atoms with Gasteiger partial charge in [0.2, 0.25) is 0 Å². The van der Waals surface area contributed by atoms with E-state index in [1.165, 1.54) is 16.5 Å². The van der Waals surface area contributed by atoms with E-state index in [-0.39, 0.29) is 6.61 Å². The number of fused-ring (bicyclic) bond motifs is 1. The first-order chi connectivity index (χ1) is 11.3. The van der Waals surface area contributed by atoms with Gasteiger partial charge in [-0.05, 0) is 24.3 Å². The van der Waals surface area contributed by atoms with Crippen molar-refractivity contribution in [2.45, 2.75) is 25.8 Å². The lowest BCUT2D eigenvalue weighted by Gasteiger charge is -2.03. The van der Waals surface area contributed by atoms with Crippen molar-refractivity contribution in [2.75, 3.05) is 18.6 Å². The highest BCUT2D eigenvalue weighted by Gasteiger charge is 2.11. The smallest absolute Gasteiger partial charge is 0.151 e. The van der Waals surface area contributed by atoms with Crippen LogP contribution in [0.3, 0.4) is 0 Å². The van der Waals surface area contributed by atoms with Gasteiger partial charge in [-0.15, -0.1) is 0 Å². The van der Waals surface area contributed by atoms with E-state index >= 15 is 0 Å². The van der Waals surface area contributed by atoms with E-state index in [2.05, 4.69) is 45.7 Å². The Balaban J connectivity index is 1.74. The standard InChI is InChI=1S/C17H22N4OS/c1-23-11-8-16-19-17(21(20-16)9-10-22)7-6-13-12-18-15-5-3-2-4-14(13)15/h2-5,12,18,22H,6-11H2,1H3. The maximum absolute atomic E-state index is 9.23. The molecule has 0 saturated heterocycles. The number of aliphatic hydroxyl groups excluding tert-OH is 1. The molecule has 3 rings (SSSR count). The van der Waals surface area contributed by atoms with Crippen molar-refractivity contribution < 1.29 is 5.11 Å². The normalized spacial score (nSPS) is 11.4. The molecule has 0 saturated carbocycles. The lowest BCUT2D eigenvalue weighted by Crippen LogP contribution is -2.09. The SMILES string of the molecule is CSCCc1nc(CCc2c[nH]c3ccccc23)n(CCO)n1. The van der Waals surface area contributed by atoms with Crippen molar-refractivity contribution in [2.24, 2.45) is 0 Å². The first-order valence-corrected chi connectivity index (χ1v) is 9.28. The van der Waals surface area contributed by atoms with E-state index in [0.717, 1.165) is 36.7 Å². The number of para-hydroxylation sites is 1. The molecule has 2 heterocycles. The number of benzene rings is 1. The number of hydrogen-bond acceptors (Lipinski definition) is 4. The molecule has 23 heavy (non-hydrogen) atoms. The molecule has 3 aromatic rings. The molecule has 0 bridgehead atoms. The summed E-state index contributed by atoms with van der Waals surface area (Å²) in [7, 11) is 0. The van der Waals surface area contributed by atoms with Gasteiger partial charge >= 0.3 is 0 Å². The highest BCUT2D eigenvalue weighted by atomic mass is 32.2. The minimum absolute atomic E-state index is 0.0887. The number of rotatable bonds is 8. The molecule has 0 spiro atoms. The highest BCUT2D eigenvalue weighted by molar-refractivity contribution is 7.98. The van der Waals surface area contributed by atoms with Crippen LogP contribution in [0.1, 0.15) is 17.2 Å². The molecule has 122 valence electrons. The lowest BCUT2D eigenvalue weighted by atomic mass is 10.1. The molecule has 2 aromatic heterocycles. The predicted molar refractivity (Wildman–Crippen MR) is 94.9 cm³/mol. The van der Waals surface area contributed by atoms with Crippen molar-refractivity contribution in [1.29, 1.82) is 0 Å². The summed E-state index contributed by atoms with van der Waals surface area (Å²) < 4.78 is 1.85. The van der Waals surface area contributed by atoms with Gasteiger partial charge in [0.05, 0.1) is 13.2 Å². The maximum atomic E-state index is 9.23. The van der Waals surface area contributed by atoms with Gasteiger partial charge < -0.3 is 10.1 Å². The second-order valence-corrected chi connectivity index (χ2v) is 6.48. The molecule has 0 amide bonds. The molecule has 0 atom stereocenters. The zero-order valence-electron chi connectivity index (χ0n) is 13.3. The molecule has 0 aliphatic heterocycles. The summed E-state index contributed by atoms with van der Waals surface area (Å²) in [5.41, 5.74) is 2.46. The van der Waals surface area contributed by atoms with Crippen LogP contribution in [0.2, 0.25) is 0 Å². The number of nitrogens with zero attached hydrogens (tertiary/aromatic N) is 3. The Bertz CT molecular complexity index is 765. The Morgan fingerprint density at radius 2 is 2.09 bits per heavy atom. The Kier molecular flexibility index (Phi) is 5.35. The van der Waals surface area contributed by atoms with E-state index in [1.807, 2.05) is 10.7 Å². The Labute approximate surface area is 140 Å². The van der Waals surface area contributed by atoms with Crippen LogP contribution in [0, 0.1) is 0 Å². The second kappa shape index (κ2) is 7.66. The maximum Gasteiger partial charge on any atom is 0.151 e. The van der Waals surface area contributed by atoms with Gasteiger partial charge in [0, 0.05) is 35.7 Å². The summed E-state index contributed by atoms with van der Waals surface area (Å²) in [6.45, 7) is 0.598. The Morgan fingerprint density at radius 1 is 1.22 bits per heavy atom. The average Bonchev–Trinajstić information content (AvgIpc) is 3.15. The Hall–Kier alpha value is -1.79. The summed E-state index contributed by atoms with van der Waals surface area (Å²) in [6, 6.07) is 8.34. The molecule has 0 fully saturated rings. The minimum atomic E-state index is 0.0887. The van der Waals surface area contributed by atoms with Crippen molar-refractivity contribution in [3.05, 3.63) is 47.7 Å². The molecule has 1 aromatic carbocycles. The van der Waals surface area contributed by atoms with Crippen LogP contribution >= 0.6 is 11.8 Å². The summed E-state index contributed by atoms with van der Waals surface area (Å²) in [4.78, 5) is 7.97. The molecule has 0 aliphatic rings. The van der Waals surface area contributed by atoms with Gasteiger partial charge in [0.1, 0.15) is 5.82 Å². The predicted octanol–water partition coefficient (Wildman–Crippen LogP) is 2.44. The van der Waals surface area contributed by atoms with Crippen LogP contribution in [0.15, 0.2) is 30.5 Å². The van der Waals surface area contributed by atoms with E-state index < -0.39 is 0 Å². The van der Waals surface area contributed by atoms with Crippen LogP contribution in [-0.4, -0.2) is 43.5 Å². The van der Waals surface area contributed by atoms with Crippen molar-refractivity contribution in [1.82, 2.24) is 19.7 Å². The number of aromatic amines is 1. The van der Waals surface area contributed by atoms with Crippen molar-refractivity contribution >= 4 is 22.7 Å². The van der Waals surface area contributed by atoms with Crippen LogP contribution in [0.4, 0.5) is 0 Å². The van der Waals surface area contributed by atoms with Gasteiger partial charge in [-0.25, -0.2) is 9.67 Å². The fraction of sp³-hybridized carbons (Fsp3) is 0.412. The second-order valence-electron chi connectivity index (χ2n) is 5.49. The molecule has 0 unspecified atom stereocenters. The van der Waals surface area contributed by atoms with Crippen molar-refractivity contribution in [3.63, 3.8) is 0 Å². The van der Waals surface area contributed by atoms with Crippen LogP contribution in [0.25, 0.3) is 10.9 Å². The fourth-order valence-electron chi connectivity index (χ4n) is 2.77. The van der Waals surface area contributed by atoms with Crippen LogP contribution in [0.5, 0.6) is 0 Å². The number of thioether (sulfide) groups is 1. The molecule has 0 aliphatic carbocycles. The first-order valence-electron chi connectivity index (χ1n) is 7.89. The zero-order valence-corrected chi connectivity index (χ0v) is 14.1. The highest BCUT2D eigenvalue weighted by Crippen LogP contribution is 2.19. The zero-order chi connectivity index (χ0) is 16.1. The molecular weight excluding hydrogens is 308 g/mol. The topological polar surface area (TPSA) is 66.7 Å². The Morgan fingerprint density at radius 3 is 2.91 bits per heavy atom. The van der Waals surface area contributed by atoms with Gasteiger partial charge in [-0.1, -0.05) is 18.2 Å². The van der Waals surface area contributed by atoms with E-state index in [4.69, 9.17) is 0 Å². The van der Waals surface area contributed by atoms with Gasteiger partial charge in [-0.3, -0.25) is 0 Å². The monoisotopic (exact) mass is 330 g/mol. The molecule has 5 nitrogen and oxygen atoms in total. The lowest BCUT2D eigenvalue weighted by molar-refractivity contribution is 0.266. The number of aliphatic hydroxyl groups is 1. The summed E-state index contributed by atoms with van der Waals surface area (Å²) >= 11 is 1.79. The third-order valence-corrected chi connectivity index (χ3v) is 4.54. The average molecular weight is 330 g/mol. The third-order valence-electron chi connectivity index (χ3n) is 3.93. The van der Waals surface area contributed by atoms with Gasteiger partial charge in [0.15, 0.2) is 5.82 Å². The van der Waals surface area contributed by atoms with Crippen LogP contribution < -0.4 is 0 Å². The summed E-state index contributed by atoms with van der Waals surface area (Å²) in [5.74, 6) is 2.85. The molecular formula is C17H22N4OS. The van der Waals surface area contributed by atoms with Gasteiger partial charge in [-0.2, -0.15) is 16.9 Å². The largest absolute Gasteiger partial charge is 0.394 e. The number of aromatic nitrogens is 4. The first kappa shape index (κ1) is 16.1.